The second-order valence-electron chi connectivity index (χ2n) is 4.10. The number of rotatable bonds is 9. The number of methoxy groups -OCH3 is 1. The van der Waals surface area contributed by atoms with Gasteiger partial charge < -0.3 is 20.1 Å². The Morgan fingerprint density at radius 2 is 2.19 bits per heavy atom. The van der Waals surface area contributed by atoms with Crippen molar-refractivity contribution in [3.63, 3.8) is 0 Å². The Balaban J connectivity index is 3.54. The highest BCUT2D eigenvalue weighted by atomic mass is 16.5. The van der Waals surface area contributed by atoms with Crippen LogP contribution < -0.4 is 5.32 Å². The van der Waals surface area contributed by atoms with E-state index in [1.54, 1.807) is 7.11 Å². The summed E-state index contributed by atoms with van der Waals surface area (Å²) in [5, 5.41) is 21.4. The highest BCUT2D eigenvalue weighted by molar-refractivity contribution is 4.81. The molecule has 0 aromatic rings. The minimum Gasteiger partial charge on any atom is -0.390 e. The standard InChI is InChI=1S/C11H23N3O2/c1-10(6-12)8-14(2)9-11(15)7-13-4-5-16-3/h10-11,13,15H,4-5,7-9H2,1-3H3. The number of hydrogen-bond acceptors (Lipinski definition) is 5. The first-order chi connectivity index (χ1) is 7.60. The van der Waals surface area contributed by atoms with Crippen molar-refractivity contribution in [1.29, 1.82) is 5.26 Å². The largest absolute Gasteiger partial charge is 0.390 e. The molecule has 0 aromatic heterocycles. The van der Waals surface area contributed by atoms with Crippen LogP contribution in [0.25, 0.3) is 0 Å². The van der Waals surface area contributed by atoms with Crippen LogP contribution in [0.5, 0.6) is 0 Å². The average Bonchev–Trinajstić information content (AvgIpc) is 2.24. The Morgan fingerprint density at radius 1 is 1.50 bits per heavy atom. The summed E-state index contributed by atoms with van der Waals surface area (Å²) in [6.45, 7) is 5.08. The van der Waals surface area contributed by atoms with Crippen LogP contribution in [0.3, 0.4) is 0 Å². The van der Waals surface area contributed by atoms with Crippen LogP contribution in [0.2, 0.25) is 0 Å². The van der Waals surface area contributed by atoms with E-state index < -0.39 is 6.10 Å². The van der Waals surface area contributed by atoms with Crippen molar-refractivity contribution in [3.05, 3.63) is 0 Å². The molecule has 2 N–H and O–H groups in total. The van der Waals surface area contributed by atoms with Gasteiger partial charge in [0.15, 0.2) is 0 Å². The van der Waals surface area contributed by atoms with Gasteiger partial charge in [-0.2, -0.15) is 5.26 Å². The molecule has 2 atom stereocenters. The molecule has 0 saturated carbocycles. The van der Waals surface area contributed by atoms with E-state index in [1.807, 2.05) is 18.9 Å². The number of nitrogens with zero attached hydrogens (tertiary/aromatic N) is 2. The first-order valence-electron chi connectivity index (χ1n) is 5.56. The molecule has 0 fully saturated rings. The van der Waals surface area contributed by atoms with Gasteiger partial charge in [0.2, 0.25) is 0 Å². The molecule has 0 rings (SSSR count). The second kappa shape index (κ2) is 9.55. The van der Waals surface area contributed by atoms with Gasteiger partial charge in [-0.25, -0.2) is 0 Å². The van der Waals surface area contributed by atoms with E-state index in [4.69, 9.17) is 10.00 Å². The molecule has 0 aliphatic rings. The van der Waals surface area contributed by atoms with Gasteiger partial charge in [0, 0.05) is 33.3 Å². The zero-order valence-electron chi connectivity index (χ0n) is 10.4. The van der Waals surface area contributed by atoms with Crippen LogP contribution in [0, 0.1) is 17.2 Å². The summed E-state index contributed by atoms with van der Waals surface area (Å²) in [7, 11) is 3.56. The lowest BCUT2D eigenvalue weighted by Gasteiger charge is -2.21. The topological polar surface area (TPSA) is 68.5 Å². The molecule has 0 aromatic carbocycles. The van der Waals surface area contributed by atoms with Crippen LogP contribution in [0.4, 0.5) is 0 Å². The van der Waals surface area contributed by atoms with Gasteiger partial charge >= 0.3 is 0 Å². The molecular weight excluding hydrogens is 206 g/mol. The number of likely N-dealkylation sites (N-methyl/N-ethyl adjacent to an activating group) is 1. The van der Waals surface area contributed by atoms with Crippen LogP contribution >= 0.6 is 0 Å². The van der Waals surface area contributed by atoms with Gasteiger partial charge in [0.05, 0.1) is 24.7 Å². The number of nitriles is 1. The molecule has 0 spiro atoms. The molecular formula is C11H23N3O2. The predicted molar refractivity (Wildman–Crippen MR) is 63.0 cm³/mol. The normalized spacial score (nSPS) is 14.8. The van der Waals surface area contributed by atoms with Crippen LogP contribution in [0.15, 0.2) is 0 Å². The maximum absolute atomic E-state index is 9.68. The van der Waals surface area contributed by atoms with Crippen LogP contribution in [0.1, 0.15) is 6.92 Å². The van der Waals surface area contributed by atoms with Gasteiger partial charge in [-0.3, -0.25) is 0 Å². The van der Waals surface area contributed by atoms with E-state index in [1.165, 1.54) is 0 Å². The zero-order valence-corrected chi connectivity index (χ0v) is 10.4. The Bertz CT molecular complexity index is 206. The molecule has 0 radical (unpaired) electrons. The van der Waals surface area contributed by atoms with Gasteiger partial charge in [-0.15, -0.1) is 0 Å². The molecule has 0 aliphatic carbocycles. The Kier molecular flexibility index (Phi) is 9.15. The molecule has 0 saturated heterocycles. The van der Waals surface area contributed by atoms with Gasteiger partial charge in [0.25, 0.3) is 0 Å². The van der Waals surface area contributed by atoms with Crippen molar-refractivity contribution in [2.45, 2.75) is 13.0 Å². The minimum absolute atomic E-state index is 0.00125. The molecule has 16 heavy (non-hydrogen) atoms. The van der Waals surface area contributed by atoms with E-state index >= 15 is 0 Å². The fraction of sp³-hybridized carbons (Fsp3) is 0.909. The second-order valence-corrected chi connectivity index (χ2v) is 4.10. The van der Waals surface area contributed by atoms with Crippen molar-refractivity contribution < 1.29 is 9.84 Å². The highest BCUT2D eigenvalue weighted by Crippen LogP contribution is 1.96. The summed E-state index contributed by atoms with van der Waals surface area (Å²) < 4.78 is 4.88. The van der Waals surface area contributed by atoms with Crippen molar-refractivity contribution in [2.75, 3.05) is 46.9 Å². The minimum atomic E-state index is -0.409. The summed E-state index contributed by atoms with van der Waals surface area (Å²) >= 11 is 0. The molecule has 0 heterocycles. The maximum atomic E-state index is 9.68. The smallest absolute Gasteiger partial charge is 0.0791 e. The number of hydrogen-bond donors (Lipinski definition) is 2. The van der Waals surface area contributed by atoms with Crippen molar-refractivity contribution in [3.8, 4) is 6.07 Å². The monoisotopic (exact) mass is 229 g/mol. The van der Waals surface area contributed by atoms with Crippen LogP contribution in [-0.4, -0.2) is 63.1 Å². The summed E-state index contributed by atoms with van der Waals surface area (Å²) in [4.78, 5) is 1.97. The Hall–Kier alpha value is -0.670. The quantitative estimate of drug-likeness (QED) is 0.530. The Morgan fingerprint density at radius 3 is 2.75 bits per heavy atom. The molecule has 94 valence electrons. The summed E-state index contributed by atoms with van der Waals surface area (Å²) in [5.74, 6) is -0.00125. The third-order valence-electron chi connectivity index (χ3n) is 2.19. The summed E-state index contributed by atoms with van der Waals surface area (Å²) in [6, 6.07) is 2.17. The SMILES string of the molecule is COCCNCC(O)CN(C)CC(C)C#N. The maximum Gasteiger partial charge on any atom is 0.0791 e. The lowest BCUT2D eigenvalue weighted by atomic mass is 10.2. The van der Waals surface area contributed by atoms with Crippen molar-refractivity contribution in [2.24, 2.45) is 5.92 Å². The first kappa shape index (κ1) is 15.3. The third-order valence-corrected chi connectivity index (χ3v) is 2.19. The summed E-state index contributed by atoms with van der Waals surface area (Å²) in [5.41, 5.74) is 0. The first-order valence-corrected chi connectivity index (χ1v) is 5.56. The highest BCUT2D eigenvalue weighted by Gasteiger charge is 2.10. The van der Waals surface area contributed by atoms with E-state index in [0.717, 1.165) is 6.54 Å². The van der Waals surface area contributed by atoms with Crippen LogP contribution in [-0.2, 0) is 4.74 Å². The fourth-order valence-corrected chi connectivity index (χ4v) is 1.45. The number of nitrogens with one attached hydrogen (secondary N) is 1. The zero-order chi connectivity index (χ0) is 12.4. The lowest BCUT2D eigenvalue weighted by Crippen LogP contribution is -2.38. The molecule has 0 amide bonds. The molecule has 0 bridgehead atoms. The number of aliphatic hydroxyl groups is 1. The van der Waals surface area contributed by atoms with Crippen molar-refractivity contribution >= 4 is 0 Å². The van der Waals surface area contributed by atoms with E-state index in [2.05, 4.69) is 11.4 Å². The number of ether oxygens (including phenoxy) is 1. The molecule has 0 aliphatic heterocycles. The van der Waals surface area contributed by atoms with E-state index in [0.29, 0.717) is 26.2 Å². The molecule has 5 nitrogen and oxygen atoms in total. The summed E-state index contributed by atoms with van der Waals surface area (Å²) in [6.07, 6.45) is -0.409. The number of aliphatic hydroxyl groups excluding tert-OH is 1. The van der Waals surface area contributed by atoms with Gasteiger partial charge in [-0.05, 0) is 14.0 Å². The van der Waals surface area contributed by atoms with Crippen molar-refractivity contribution in [1.82, 2.24) is 10.2 Å². The molecule has 2 unspecified atom stereocenters. The Labute approximate surface area is 98.0 Å². The molecule has 5 heteroatoms. The fourth-order valence-electron chi connectivity index (χ4n) is 1.45. The van der Waals surface area contributed by atoms with Gasteiger partial charge in [0.1, 0.15) is 0 Å². The predicted octanol–water partition coefficient (Wildman–Crippen LogP) is -0.325. The average molecular weight is 229 g/mol. The van der Waals surface area contributed by atoms with Gasteiger partial charge in [-0.1, -0.05) is 0 Å². The third kappa shape index (κ3) is 8.62. The van der Waals surface area contributed by atoms with E-state index in [9.17, 15) is 5.11 Å². The lowest BCUT2D eigenvalue weighted by molar-refractivity contribution is 0.117. The van der Waals surface area contributed by atoms with E-state index in [-0.39, 0.29) is 5.92 Å².